The Morgan fingerprint density at radius 2 is 2.07 bits per heavy atom. The first-order chi connectivity index (χ1) is 6.60. The lowest BCUT2D eigenvalue weighted by molar-refractivity contribution is -0.248. The van der Waals surface area contributed by atoms with Crippen LogP contribution in [0.5, 0.6) is 0 Å². The van der Waals surface area contributed by atoms with Gasteiger partial charge in [0.25, 0.3) is 0 Å². The van der Waals surface area contributed by atoms with Crippen molar-refractivity contribution in [2.45, 2.75) is 20.1 Å². The van der Waals surface area contributed by atoms with Gasteiger partial charge in [0.15, 0.2) is 0 Å². The van der Waals surface area contributed by atoms with Crippen LogP contribution in [0.25, 0.3) is 0 Å². The van der Waals surface area contributed by atoms with E-state index in [2.05, 4.69) is 21.1 Å². The summed E-state index contributed by atoms with van der Waals surface area (Å²) in [4.78, 5) is 29.0. The molecule has 0 rings (SSSR count). The van der Waals surface area contributed by atoms with E-state index in [-0.39, 0.29) is 0 Å². The van der Waals surface area contributed by atoms with Gasteiger partial charge in [-0.25, -0.2) is 14.6 Å². The smallest absolute Gasteiger partial charge is 0.402 e. The van der Waals surface area contributed by atoms with Crippen molar-refractivity contribution in [2.24, 2.45) is 0 Å². The molecule has 1 atom stereocenters. The zero-order valence-electron chi connectivity index (χ0n) is 8.02. The molecule has 0 aromatic heterocycles. The molecule has 0 saturated heterocycles. The molecule has 0 aromatic carbocycles. The molecule has 0 N–H and O–H groups in total. The molecular formula is C8H12O6. The highest BCUT2D eigenvalue weighted by Gasteiger charge is 2.12. The summed E-state index contributed by atoms with van der Waals surface area (Å²) in [7, 11) is 0. The highest BCUT2D eigenvalue weighted by atomic mass is 17.2. The maximum atomic E-state index is 10.7. The van der Waals surface area contributed by atoms with Crippen molar-refractivity contribution in [1.82, 2.24) is 0 Å². The van der Waals surface area contributed by atoms with E-state index in [9.17, 15) is 9.59 Å². The second kappa shape index (κ2) is 6.90. The van der Waals surface area contributed by atoms with Gasteiger partial charge in [-0.3, -0.25) is 0 Å². The van der Waals surface area contributed by atoms with Crippen LogP contribution in [0, 0.1) is 0 Å². The van der Waals surface area contributed by atoms with E-state index in [0.29, 0.717) is 6.61 Å². The van der Waals surface area contributed by atoms with Gasteiger partial charge in [0.2, 0.25) is 6.29 Å². The Morgan fingerprint density at radius 3 is 2.57 bits per heavy atom. The third-order valence-electron chi connectivity index (χ3n) is 1.02. The lowest BCUT2D eigenvalue weighted by atomic mass is 10.7. The normalized spacial score (nSPS) is 11.3. The average Bonchev–Trinajstić information content (AvgIpc) is 2.14. The van der Waals surface area contributed by atoms with E-state index in [1.54, 1.807) is 6.92 Å². The summed E-state index contributed by atoms with van der Waals surface area (Å²) < 4.78 is 9.35. The summed E-state index contributed by atoms with van der Waals surface area (Å²) in [6.45, 7) is 6.73. The minimum absolute atomic E-state index is 0.390. The third-order valence-corrected chi connectivity index (χ3v) is 1.02. The maximum Gasteiger partial charge on any atom is 0.552 e. The minimum atomic E-state index is -1.15. The molecule has 0 aliphatic heterocycles. The molecule has 1 unspecified atom stereocenters. The summed E-state index contributed by atoms with van der Waals surface area (Å²) >= 11 is 0. The Balaban J connectivity index is 3.64. The predicted molar refractivity (Wildman–Crippen MR) is 44.9 cm³/mol. The number of ether oxygens (including phenoxy) is 2. The van der Waals surface area contributed by atoms with Crippen molar-refractivity contribution in [3.8, 4) is 0 Å². The van der Waals surface area contributed by atoms with Gasteiger partial charge >= 0.3 is 12.1 Å². The number of hydrogen-bond donors (Lipinski definition) is 0. The molecule has 0 fully saturated rings. The quantitative estimate of drug-likeness (QED) is 0.225. The monoisotopic (exact) mass is 204 g/mol. The van der Waals surface area contributed by atoms with Crippen molar-refractivity contribution < 1.29 is 28.8 Å². The van der Waals surface area contributed by atoms with Gasteiger partial charge in [0.1, 0.15) is 0 Å². The van der Waals surface area contributed by atoms with E-state index in [1.807, 2.05) is 0 Å². The Morgan fingerprint density at radius 1 is 1.43 bits per heavy atom. The summed E-state index contributed by atoms with van der Waals surface area (Å²) in [5, 5.41) is 0. The fourth-order valence-electron chi connectivity index (χ4n) is 0.533. The third kappa shape index (κ3) is 6.01. The summed E-state index contributed by atoms with van der Waals surface area (Å²) in [5.74, 6) is -0.883. The summed E-state index contributed by atoms with van der Waals surface area (Å²) in [6, 6.07) is 0. The topological polar surface area (TPSA) is 71.1 Å². The van der Waals surface area contributed by atoms with E-state index in [0.717, 1.165) is 6.08 Å². The zero-order valence-corrected chi connectivity index (χ0v) is 8.02. The Bertz CT molecular complexity index is 212. The Kier molecular flexibility index (Phi) is 6.13. The van der Waals surface area contributed by atoms with Crippen molar-refractivity contribution in [3.05, 3.63) is 12.7 Å². The molecule has 14 heavy (non-hydrogen) atoms. The molecule has 0 radical (unpaired) electrons. The molecule has 0 heterocycles. The molecular weight excluding hydrogens is 192 g/mol. The Labute approximate surface area is 81.3 Å². The lowest BCUT2D eigenvalue weighted by Crippen LogP contribution is -2.19. The van der Waals surface area contributed by atoms with Crippen molar-refractivity contribution in [1.29, 1.82) is 0 Å². The molecule has 0 saturated carbocycles. The fraction of sp³-hybridized carbons (Fsp3) is 0.500. The van der Waals surface area contributed by atoms with Crippen LogP contribution >= 0.6 is 0 Å². The first-order valence-electron chi connectivity index (χ1n) is 3.93. The van der Waals surface area contributed by atoms with Gasteiger partial charge in [-0.2, -0.15) is 4.79 Å². The van der Waals surface area contributed by atoms with Crippen molar-refractivity contribution in [2.75, 3.05) is 6.61 Å². The number of carbonyl (C=O) groups excluding carboxylic acids is 2. The van der Waals surface area contributed by atoms with E-state index in [1.165, 1.54) is 6.92 Å². The highest BCUT2D eigenvalue weighted by Crippen LogP contribution is 1.97. The highest BCUT2D eigenvalue weighted by molar-refractivity contribution is 5.81. The molecule has 0 bridgehead atoms. The molecule has 80 valence electrons. The molecule has 6 heteroatoms. The maximum absolute atomic E-state index is 10.7. The second-order valence-corrected chi connectivity index (χ2v) is 2.08. The van der Waals surface area contributed by atoms with Crippen LogP contribution in [0.1, 0.15) is 13.8 Å². The van der Waals surface area contributed by atoms with Crippen LogP contribution in [0.2, 0.25) is 0 Å². The molecule has 0 amide bonds. The van der Waals surface area contributed by atoms with Crippen LogP contribution in [-0.2, 0) is 24.0 Å². The van der Waals surface area contributed by atoms with Crippen molar-refractivity contribution in [3.63, 3.8) is 0 Å². The lowest BCUT2D eigenvalue weighted by Gasteiger charge is -2.10. The van der Waals surface area contributed by atoms with Crippen LogP contribution in [0.15, 0.2) is 12.7 Å². The van der Waals surface area contributed by atoms with Crippen LogP contribution in [-0.4, -0.2) is 25.0 Å². The summed E-state index contributed by atoms with van der Waals surface area (Å²) in [6.07, 6.45) is -1.06. The number of carbonyl (C=O) groups is 2. The van der Waals surface area contributed by atoms with Gasteiger partial charge in [0, 0.05) is 12.7 Å². The molecule has 0 spiro atoms. The fourth-order valence-corrected chi connectivity index (χ4v) is 0.533. The molecule has 0 aliphatic carbocycles. The van der Waals surface area contributed by atoms with E-state index >= 15 is 0 Å². The van der Waals surface area contributed by atoms with E-state index < -0.39 is 18.4 Å². The number of rotatable bonds is 4. The van der Waals surface area contributed by atoms with Crippen LogP contribution in [0.3, 0.4) is 0 Å². The molecule has 6 nitrogen and oxygen atoms in total. The van der Waals surface area contributed by atoms with Gasteiger partial charge in [-0.1, -0.05) is 6.58 Å². The first kappa shape index (κ1) is 12.4. The molecule has 0 aliphatic rings. The average molecular weight is 204 g/mol. The van der Waals surface area contributed by atoms with Gasteiger partial charge < -0.3 is 9.47 Å². The predicted octanol–water partition coefficient (Wildman–Crippen LogP) is 1.17. The summed E-state index contributed by atoms with van der Waals surface area (Å²) in [5.41, 5.74) is 0. The van der Waals surface area contributed by atoms with Gasteiger partial charge in [-0.15, -0.1) is 0 Å². The second-order valence-electron chi connectivity index (χ2n) is 2.08. The van der Waals surface area contributed by atoms with Crippen LogP contribution < -0.4 is 0 Å². The number of hydrogen-bond acceptors (Lipinski definition) is 6. The van der Waals surface area contributed by atoms with Crippen LogP contribution in [0.4, 0.5) is 4.79 Å². The van der Waals surface area contributed by atoms with Crippen molar-refractivity contribution >= 4 is 12.1 Å². The molecule has 0 aromatic rings. The SMILES string of the molecule is C=CC(=O)OOC(=O)OC(C)OCC. The first-order valence-corrected chi connectivity index (χ1v) is 3.93. The Hall–Kier alpha value is -1.56. The largest absolute Gasteiger partial charge is 0.552 e. The standard InChI is InChI=1S/C8H12O6/c1-4-7(9)13-14-8(10)12-6(3)11-5-2/h4,6H,1,5H2,2-3H3. The van der Waals surface area contributed by atoms with Gasteiger partial charge in [-0.05, 0) is 13.8 Å². The van der Waals surface area contributed by atoms with E-state index in [4.69, 9.17) is 4.74 Å². The zero-order chi connectivity index (χ0) is 11.0. The minimum Gasteiger partial charge on any atom is -0.402 e. The van der Waals surface area contributed by atoms with Gasteiger partial charge in [0.05, 0.1) is 0 Å².